The van der Waals surface area contributed by atoms with Gasteiger partial charge in [-0.3, -0.25) is 4.55 Å². The lowest BCUT2D eigenvalue weighted by molar-refractivity contribution is -0.00950. The molecule has 0 unspecified atom stereocenters. The van der Waals surface area contributed by atoms with Crippen LogP contribution in [-0.2, 0) is 21.3 Å². The van der Waals surface area contributed by atoms with E-state index in [1.165, 1.54) is 12.1 Å². The molecule has 0 bridgehead atoms. The Morgan fingerprint density at radius 2 is 1.69 bits per heavy atom. The lowest BCUT2D eigenvalue weighted by Gasteiger charge is -2.13. The maximum absolute atomic E-state index is 13.1. The Labute approximate surface area is 164 Å². The first-order valence-electron chi connectivity index (χ1n) is 8.20. The Bertz CT molecular complexity index is 1090. The molecule has 29 heavy (non-hydrogen) atoms. The van der Waals surface area contributed by atoms with Crippen LogP contribution in [-0.4, -0.2) is 36.8 Å². The van der Waals surface area contributed by atoms with Gasteiger partial charge in [0.25, 0.3) is 0 Å². The van der Waals surface area contributed by atoms with Crippen molar-refractivity contribution < 1.29 is 40.8 Å². The first-order chi connectivity index (χ1) is 13.6. The first-order valence-corrected chi connectivity index (χ1v) is 9.64. The topological polar surface area (TPSA) is 107 Å². The highest BCUT2D eigenvalue weighted by atomic mass is 32.2. The number of carbonyl (C=O) groups is 2. The molecule has 1 N–H and O–H groups in total. The van der Waals surface area contributed by atoms with Crippen molar-refractivity contribution in [3.8, 4) is 5.75 Å². The third-order valence-corrected chi connectivity index (χ3v) is 4.94. The Balaban J connectivity index is 1.61. The van der Waals surface area contributed by atoms with Gasteiger partial charge in [-0.25, -0.2) is 9.59 Å². The van der Waals surface area contributed by atoms with Crippen molar-refractivity contribution in [3.05, 3.63) is 70.8 Å². The average molecular weight is 424 g/mol. The first kappa shape index (κ1) is 20.6. The van der Waals surface area contributed by atoms with Gasteiger partial charge in [-0.05, 0) is 53.9 Å². The van der Waals surface area contributed by atoms with E-state index in [-0.39, 0.29) is 11.3 Å². The van der Waals surface area contributed by atoms with Crippen LogP contribution in [0.5, 0.6) is 5.75 Å². The number of ether oxygens (including phenoxy) is 2. The second kappa shape index (κ2) is 7.72. The Hall–Kier alpha value is -3.11. The van der Waals surface area contributed by atoms with Gasteiger partial charge in [-0.15, -0.1) is 0 Å². The van der Waals surface area contributed by atoms with Gasteiger partial charge in [0.2, 0.25) is 0 Å². The van der Waals surface area contributed by atoms with Gasteiger partial charge in [0.1, 0.15) is 5.75 Å². The molecular formula is C19H14F2O7S. The Morgan fingerprint density at radius 3 is 2.34 bits per heavy atom. The van der Waals surface area contributed by atoms with Gasteiger partial charge in [0.05, 0.1) is 11.1 Å². The quantitative estimate of drug-likeness (QED) is 0.431. The molecule has 3 rings (SSSR count). The van der Waals surface area contributed by atoms with E-state index in [0.717, 1.165) is 29.7 Å². The molecule has 1 aliphatic carbocycles. The van der Waals surface area contributed by atoms with E-state index in [0.29, 0.717) is 5.56 Å². The number of benzene rings is 2. The van der Waals surface area contributed by atoms with Gasteiger partial charge >= 0.3 is 27.3 Å². The minimum absolute atomic E-state index is 0.105. The summed E-state index contributed by atoms with van der Waals surface area (Å²) in [5.74, 6) is -1.74. The second-order valence-corrected chi connectivity index (χ2v) is 7.67. The van der Waals surface area contributed by atoms with Crippen molar-refractivity contribution in [1.82, 2.24) is 0 Å². The molecule has 2 aromatic rings. The van der Waals surface area contributed by atoms with E-state index in [9.17, 15) is 26.8 Å². The highest BCUT2D eigenvalue weighted by Crippen LogP contribution is 2.23. The molecular weight excluding hydrogens is 410 g/mol. The molecule has 0 saturated carbocycles. The summed E-state index contributed by atoms with van der Waals surface area (Å²) in [5, 5.41) is -4.62. The number of allylic oxidation sites excluding steroid dienone is 1. The fraction of sp³-hybridized carbons (Fsp3) is 0.158. The normalized spacial score (nSPS) is 13.1. The maximum Gasteiger partial charge on any atom is 0.402 e. The largest absolute Gasteiger partial charge is 0.454 e. The average Bonchev–Trinajstić information content (AvgIpc) is 3.13. The molecule has 7 nitrogen and oxygen atoms in total. The van der Waals surface area contributed by atoms with Crippen LogP contribution in [0.15, 0.2) is 48.5 Å². The molecule has 2 aromatic carbocycles. The number of esters is 2. The molecule has 0 amide bonds. The summed E-state index contributed by atoms with van der Waals surface area (Å²) in [6.45, 7) is -1.84. The van der Waals surface area contributed by atoms with Crippen molar-refractivity contribution in [2.24, 2.45) is 0 Å². The fourth-order valence-electron chi connectivity index (χ4n) is 2.52. The van der Waals surface area contributed by atoms with Gasteiger partial charge < -0.3 is 9.47 Å². The van der Waals surface area contributed by atoms with Crippen LogP contribution in [0.25, 0.3) is 6.08 Å². The second-order valence-electron chi connectivity index (χ2n) is 6.12. The van der Waals surface area contributed by atoms with Crippen molar-refractivity contribution in [2.45, 2.75) is 11.7 Å². The van der Waals surface area contributed by atoms with Crippen molar-refractivity contribution >= 4 is 28.1 Å². The predicted octanol–water partition coefficient (Wildman–Crippen LogP) is 3.11. The zero-order valence-electron chi connectivity index (χ0n) is 14.7. The minimum atomic E-state index is -5.70. The molecule has 0 aromatic heterocycles. The number of rotatable bonds is 6. The highest BCUT2D eigenvalue weighted by Gasteiger charge is 2.45. The third-order valence-electron chi connectivity index (χ3n) is 4.06. The molecule has 1 aliphatic rings. The molecule has 0 aliphatic heterocycles. The number of hydrogen-bond acceptors (Lipinski definition) is 6. The zero-order valence-corrected chi connectivity index (χ0v) is 15.5. The van der Waals surface area contributed by atoms with E-state index in [1.54, 1.807) is 18.2 Å². The molecule has 0 saturated heterocycles. The summed E-state index contributed by atoms with van der Waals surface area (Å²) in [6.07, 6.45) is 4.65. The van der Waals surface area contributed by atoms with E-state index < -0.39 is 33.9 Å². The number of alkyl halides is 2. The Kier molecular flexibility index (Phi) is 5.49. The molecule has 0 atom stereocenters. The number of halogens is 2. The Morgan fingerprint density at radius 1 is 1.03 bits per heavy atom. The van der Waals surface area contributed by atoms with Crippen LogP contribution in [0.2, 0.25) is 0 Å². The highest BCUT2D eigenvalue weighted by molar-refractivity contribution is 7.86. The SMILES string of the molecule is O=C(OCC(F)(F)S(=O)(=O)O)c1ccc(OC(=O)c2ccc3c(c2)CC=C3)cc1. The third kappa shape index (κ3) is 4.66. The summed E-state index contributed by atoms with van der Waals surface area (Å²) >= 11 is 0. The summed E-state index contributed by atoms with van der Waals surface area (Å²) in [4.78, 5) is 24.0. The molecule has 152 valence electrons. The molecule has 10 heteroatoms. The summed E-state index contributed by atoms with van der Waals surface area (Å²) < 4.78 is 64.9. The number of fused-ring (bicyclic) bond motifs is 1. The van der Waals surface area contributed by atoms with Crippen molar-refractivity contribution in [3.63, 3.8) is 0 Å². The molecule has 0 radical (unpaired) electrons. The van der Waals surface area contributed by atoms with Gasteiger partial charge in [-0.2, -0.15) is 17.2 Å². The van der Waals surface area contributed by atoms with Crippen LogP contribution in [0.4, 0.5) is 8.78 Å². The van der Waals surface area contributed by atoms with E-state index in [1.807, 2.05) is 12.2 Å². The summed E-state index contributed by atoms with van der Waals surface area (Å²) in [6, 6.07) is 9.97. The van der Waals surface area contributed by atoms with Crippen molar-refractivity contribution in [1.29, 1.82) is 0 Å². The van der Waals surface area contributed by atoms with Crippen LogP contribution >= 0.6 is 0 Å². The number of hydrogen-bond donors (Lipinski definition) is 1. The van der Waals surface area contributed by atoms with E-state index >= 15 is 0 Å². The van der Waals surface area contributed by atoms with Gasteiger partial charge in [0, 0.05) is 0 Å². The van der Waals surface area contributed by atoms with Crippen LogP contribution in [0, 0.1) is 0 Å². The molecule has 0 fully saturated rings. The monoisotopic (exact) mass is 424 g/mol. The van der Waals surface area contributed by atoms with E-state index in [4.69, 9.17) is 9.29 Å². The predicted molar refractivity (Wildman–Crippen MR) is 97.4 cm³/mol. The number of carbonyl (C=O) groups excluding carboxylic acids is 2. The minimum Gasteiger partial charge on any atom is -0.454 e. The summed E-state index contributed by atoms with van der Waals surface area (Å²) in [5.41, 5.74) is 2.20. The van der Waals surface area contributed by atoms with Crippen LogP contribution < -0.4 is 4.74 Å². The van der Waals surface area contributed by atoms with Crippen LogP contribution in [0.1, 0.15) is 31.8 Å². The lowest BCUT2D eigenvalue weighted by atomic mass is 10.1. The fourth-order valence-corrected chi connectivity index (χ4v) is 2.73. The standard InChI is InChI=1S/C19H14F2O7S/c20-19(21,29(24,25)26)11-27-17(22)13-6-8-16(9-7-13)28-18(23)15-5-4-12-2-1-3-14(12)10-15/h1-2,4-10H,3,11H2,(H,24,25,26). The molecule has 0 heterocycles. The smallest absolute Gasteiger partial charge is 0.402 e. The summed E-state index contributed by atoms with van der Waals surface area (Å²) in [7, 11) is -5.70. The van der Waals surface area contributed by atoms with Crippen LogP contribution in [0.3, 0.4) is 0 Å². The van der Waals surface area contributed by atoms with E-state index in [2.05, 4.69) is 4.74 Å². The molecule has 0 spiro atoms. The zero-order chi connectivity index (χ0) is 21.2. The lowest BCUT2D eigenvalue weighted by Crippen LogP contribution is -2.34. The van der Waals surface area contributed by atoms with Crippen molar-refractivity contribution in [2.75, 3.05) is 6.61 Å². The van der Waals surface area contributed by atoms with Gasteiger partial charge in [-0.1, -0.05) is 18.2 Å². The van der Waals surface area contributed by atoms with Gasteiger partial charge in [0.15, 0.2) is 6.61 Å². The maximum atomic E-state index is 13.1.